The molecule has 3 aliphatic heterocycles. The minimum atomic E-state index is -0.415. The molecule has 28 heavy (non-hydrogen) atoms. The van der Waals surface area contributed by atoms with E-state index in [9.17, 15) is 19.5 Å². The molecule has 0 saturated carbocycles. The summed E-state index contributed by atoms with van der Waals surface area (Å²) in [5.74, 6) is -0.371. The van der Waals surface area contributed by atoms with Gasteiger partial charge in [-0.05, 0) is 36.7 Å². The lowest BCUT2D eigenvalue weighted by Gasteiger charge is -2.35. The largest absolute Gasteiger partial charge is 0.489 e. The van der Waals surface area contributed by atoms with E-state index in [1.807, 2.05) is 6.92 Å². The van der Waals surface area contributed by atoms with Crippen molar-refractivity contribution in [1.29, 1.82) is 0 Å². The van der Waals surface area contributed by atoms with Gasteiger partial charge in [0.1, 0.15) is 11.9 Å². The topological polar surface area (TPSA) is 90.4 Å². The maximum atomic E-state index is 12.7. The van der Waals surface area contributed by atoms with Gasteiger partial charge in [0.25, 0.3) is 5.91 Å². The van der Waals surface area contributed by atoms with E-state index in [4.69, 9.17) is 4.74 Å². The van der Waals surface area contributed by atoms with Crippen LogP contribution in [0.3, 0.4) is 0 Å². The molecule has 1 N–H and O–H groups in total. The molecule has 0 bridgehead atoms. The number of hydrazine groups is 1. The van der Waals surface area contributed by atoms with Gasteiger partial charge in [-0.3, -0.25) is 19.3 Å². The van der Waals surface area contributed by atoms with E-state index >= 15 is 0 Å². The van der Waals surface area contributed by atoms with Gasteiger partial charge in [0.15, 0.2) is 0 Å². The third-order valence-corrected chi connectivity index (χ3v) is 5.57. The summed E-state index contributed by atoms with van der Waals surface area (Å²) < 4.78 is 6.06. The first-order chi connectivity index (χ1) is 13.5. The number of amides is 3. The van der Waals surface area contributed by atoms with Crippen LogP contribution in [0, 0.1) is 0 Å². The number of likely N-dealkylation sites (N-methyl/N-ethyl adjacent to an activating group) is 1. The minimum Gasteiger partial charge on any atom is -0.489 e. The Morgan fingerprint density at radius 1 is 1.14 bits per heavy atom. The van der Waals surface area contributed by atoms with Gasteiger partial charge >= 0.3 is 0 Å². The maximum absolute atomic E-state index is 12.7. The molecule has 8 heteroatoms. The smallest absolute Gasteiger partial charge is 0.273 e. The maximum Gasteiger partial charge on any atom is 0.273 e. The molecular formula is C20H25N3O5. The average molecular weight is 387 g/mol. The van der Waals surface area contributed by atoms with Crippen molar-refractivity contribution < 1.29 is 24.2 Å². The number of nitrogens with zero attached hydrogens (tertiary/aromatic N) is 3. The summed E-state index contributed by atoms with van der Waals surface area (Å²) in [4.78, 5) is 39.2. The van der Waals surface area contributed by atoms with Crippen molar-refractivity contribution in [3.8, 4) is 5.75 Å². The van der Waals surface area contributed by atoms with E-state index in [0.717, 1.165) is 23.7 Å². The second-order valence-corrected chi connectivity index (χ2v) is 7.62. The zero-order valence-electron chi connectivity index (χ0n) is 16.0. The highest BCUT2D eigenvalue weighted by Crippen LogP contribution is 2.30. The zero-order chi connectivity index (χ0) is 19.8. The molecule has 0 radical (unpaired) electrons. The number of hydrogen-bond acceptors (Lipinski definition) is 6. The number of piperidine rings is 2. The number of hydrogen-bond donors (Lipinski definition) is 1. The first-order valence-electron chi connectivity index (χ1n) is 9.83. The predicted octanol–water partition coefficient (Wildman–Crippen LogP) is 0.930. The van der Waals surface area contributed by atoms with E-state index in [-0.39, 0.29) is 43.2 Å². The van der Waals surface area contributed by atoms with Gasteiger partial charge in [-0.15, -0.1) is 0 Å². The van der Waals surface area contributed by atoms with Crippen LogP contribution >= 0.6 is 0 Å². The first-order valence-corrected chi connectivity index (χ1v) is 9.83. The van der Waals surface area contributed by atoms with E-state index in [1.165, 1.54) is 5.01 Å². The Labute approximate surface area is 163 Å². The van der Waals surface area contributed by atoms with Gasteiger partial charge in [-0.25, -0.2) is 5.01 Å². The van der Waals surface area contributed by atoms with Crippen LogP contribution in [0.1, 0.15) is 48.5 Å². The van der Waals surface area contributed by atoms with Crippen molar-refractivity contribution in [2.45, 2.75) is 51.4 Å². The van der Waals surface area contributed by atoms with Crippen molar-refractivity contribution >= 4 is 17.7 Å². The first kappa shape index (κ1) is 18.9. The summed E-state index contributed by atoms with van der Waals surface area (Å²) in [5.41, 5.74) is 1.22. The number of rotatable bonds is 4. The lowest BCUT2D eigenvalue weighted by molar-refractivity contribution is -0.163. The average Bonchev–Trinajstić information content (AvgIpc) is 2.97. The molecule has 3 aliphatic rings. The molecule has 3 heterocycles. The summed E-state index contributed by atoms with van der Waals surface area (Å²) in [6.45, 7) is 4.47. The highest BCUT2D eigenvalue weighted by atomic mass is 16.5. The summed E-state index contributed by atoms with van der Waals surface area (Å²) in [5, 5.41) is 12.3. The number of aliphatic hydroxyl groups excluding tert-OH is 1. The predicted molar refractivity (Wildman–Crippen MR) is 99.2 cm³/mol. The van der Waals surface area contributed by atoms with E-state index in [0.29, 0.717) is 30.7 Å². The van der Waals surface area contributed by atoms with Gasteiger partial charge in [0, 0.05) is 37.9 Å². The zero-order valence-corrected chi connectivity index (χ0v) is 16.0. The number of imide groups is 1. The lowest BCUT2D eigenvalue weighted by atomic mass is 10.1. The molecule has 2 saturated heterocycles. The number of ether oxygens (including phenoxy) is 1. The van der Waals surface area contributed by atoms with Crippen molar-refractivity contribution in [2.75, 3.05) is 19.6 Å². The second-order valence-electron chi connectivity index (χ2n) is 7.62. The molecular weight excluding hydrogens is 362 g/mol. The summed E-state index contributed by atoms with van der Waals surface area (Å²) >= 11 is 0. The molecule has 0 aromatic heterocycles. The number of carbonyl (C=O) groups is 3. The minimum absolute atomic E-state index is 0.125. The third-order valence-electron chi connectivity index (χ3n) is 5.57. The normalized spacial score (nSPS) is 26.0. The Bertz CT molecular complexity index is 795. The van der Waals surface area contributed by atoms with Crippen LogP contribution in [-0.2, 0) is 16.1 Å². The summed E-state index contributed by atoms with van der Waals surface area (Å²) in [6, 6.07) is 5.21. The highest BCUT2D eigenvalue weighted by molar-refractivity contribution is 6.04. The van der Waals surface area contributed by atoms with Gasteiger partial charge in [-0.2, -0.15) is 5.01 Å². The number of carbonyl (C=O) groups excluding carboxylic acids is 3. The Balaban J connectivity index is 1.49. The molecule has 8 nitrogen and oxygen atoms in total. The van der Waals surface area contributed by atoms with Crippen molar-refractivity contribution in [2.24, 2.45) is 0 Å². The number of aliphatic hydroxyl groups is 1. The van der Waals surface area contributed by atoms with E-state index in [2.05, 4.69) is 4.90 Å². The number of benzene rings is 1. The van der Waals surface area contributed by atoms with E-state index < -0.39 is 6.10 Å². The fourth-order valence-corrected chi connectivity index (χ4v) is 4.18. The molecule has 0 spiro atoms. The molecule has 3 amide bonds. The van der Waals surface area contributed by atoms with Crippen LogP contribution in [0.4, 0.5) is 0 Å². The molecule has 2 atom stereocenters. The number of β-amino-alcohol motifs (C(OH)–C–C–N with tert-alkyl or cyclic N) is 1. The summed E-state index contributed by atoms with van der Waals surface area (Å²) in [6.07, 6.45) is 1.11. The summed E-state index contributed by atoms with van der Waals surface area (Å²) in [7, 11) is 0. The quantitative estimate of drug-likeness (QED) is 0.773. The molecule has 1 aromatic carbocycles. The Hall–Kier alpha value is -2.45. The lowest BCUT2D eigenvalue weighted by Crippen LogP contribution is -2.51. The molecule has 0 aliphatic carbocycles. The van der Waals surface area contributed by atoms with Crippen molar-refractivity contribution in [3.63, 3.8) is 0 Å². The van der Waals surface area contributed by atoms with Crippen LogP contribution in [-0.4, -0.2) is 69.6 Å². The Morgan fingerprint density at radius 2 is 1.89 bits per heavy atom. The monoisotopic (exact) mass is 387 g/mol. The number of fused-ring (bicyclic) bond motifs is 1. The highest BCUT2D eigenvalue weighted by Gasteiger charge is 2.39. The van der Waals surface area contributed by atoms with Crippen molar-refractivity contribution in [1.82, 2.24) is 14.9 Å². The van der Waals surface area contributed by atoms with Crippen molar-refractivity contribution in [3.05, 3.63) is 29.3 Å². The number of likely N-dealkylation sites (tertiary alicyclic amines) is 1. The van der Waals surface area contributed by atoms with Crippen LogP contribution < -0.4 is 4.74 Å². The Kier molecular flexibility index (Phi) is 5.07. The van der Waals surface area contributed by atoms with Crippen LogP contribution in [0.25, 0.3) is 0 Å². The fourth-order valence-electron chi connectivity index (χ4n) is 4.18. The Morgan fingerprint density at radius 3 is 2.61 bits per heavy atom. The molecule has 0 unspecified atom stereocenters. The molecule has 2 fully saturated rings. The molecule has 150 valence electrons. The molecule has 1 aromatic rings. The second kappa shape index (κ2) is 7.52. The van der Waals surface area contributed by atoms with E-state index in [1.54, 1.807) is 18.2 Å². The SMILES string of the molecule is CCN1C[C@H](O)C[C@@H](Oc2ccc3c(c2)CN(N2C(=O)CCCC2=O)C3=O)C1. The van der Waals surface area contributed by atoms with Gasteiger partial charge in [0.05, 0.1) is 12.6 Å². The van der Waals surface area contributed by atoms with Crippen LogP contribution in [0.5, 0.6) is 5.75 Å². The van der Waals surface area contributed by atoms with Gasteiger partial charge < -0.3 is 9.84 Å². The molecule has 4 rings (SSSR count). The van der Waals surface area contributed by atoms with Gasteiger partial charge in [0.2, 0.25) is 11.8 Å². The van der Waals surface area contributed by atoms with Crippen LogP contribution in [0.2, 0.25) is 0 Å². The van der Waals surface area contributed by atoms with Gasteiger partial charge in [-0.1, -0.05) is 6.92 Å². The fraction of sp³-hybridized carbons (Fsp3) is 0.550. The standard InChI is InChI=1S/C20H25N3O5/c1-2-21-11-14(24)9-16(12-21)28-15-6-7-17-13(8-15)10-22(20(17)27)23-18(25)4-3-5-19(23)26/h6-8,14,16,24H,2-5,9-12H2,1H3/t14-,16-/m1/s1. The third kappa shape index (κ3) is 3.49. The van der Waals surface area contributed by atoms with Crippen LogP contribution in [0.15, 0.2) is 18.2 Å².